The van der Waals surface area contributed by atoms with Crippen LogP contribution in [-0.4, -0.2) is 48.1 Å². The predicted octanol–water partition coefficient (Wildman–Crippen LogP) is 6.54. The zero-order chi connectivity index (χ0) is 22.0. The Kier molecular flexibility index (Phi) is 7.12. The van der Waals surface area contributed by atoms with Gasteiger partial charge in [0.1, 0.15) is 0 Å². The molecular weight excluding hydrogens is 450 g/mol. The third-order valence-electron chi connectivity index (χ3n) is 8.13. The number of carbonyl (C=O) groups excluding carboxylic acids is 1. The van der Waals surface area contributed by atoms with E-state index in [-0.39, 0.29) is 6.03 Å². The summed E-state index contributed by atoms with van der Waals surface area (Å²) in [5.74, 6) is 1.46. The molecule has 2 bridgehead atoms. The molecule has 170 valence electrons. The molecule has 0 radical (unpaired) electrons. The van der Waals surface area contributed by atoms with Crippen LogP contribution >= 0.6 is 15.9 Å². The van der Waals surface area contributed by atoms with E-state index in [2.05, 4.69) is 57.9 Å². The molecule has 1 aliphatic heterocycles. The van der Waals surface area contributed by atoms with E-state index in [4.69, 9.17) is 0 Å². The number of allylic oxidation sites excluding steroid dienone is 1. The second kappa shape index (κ2) is 9.66. The number of carbonyl (C=O) groups is 1. The van der Waals surface area contributed by atoms with E-state index in [1.807, 2.05) is 24.3 Å². The van der Waals surface area contributed by atoms with Crippen molar-refractivity contribution < 1.29 is 4.79 Å². The number of likely N-dealkylation sites (tertiary alicyclic amines) is 1. The molecule has 2 fully saturated rings. The highest BCUT2D eigenvalue weighted by atomic mass is 79.9. The van der Waals surface area contributed by atoms with Crippen LogP contribution in [0.25, 0.3) is 0 Å². The molecular formula is C26H38BrN3O. The van der Waals surface area contributed by atoms with Gasteiger partial charge in [-0.05, 0) is 81.0 Å². The van der Waals surface area contributed by atoms with Crippen molar-refractivity contribution >= 4 is 27.6 Å². The second-order valence-electron chi connectivity index (χ2n) is 10.4. The van der Waals surface area contributed by atoms with E-state index in [1.54, 1.807) is 0 Å². The lowest BCUT2D eigenvalue weighted by molar-refractivity contribution is -0.00958. The number of fused-ring (bicyclic) bond motifs is 1. The summed E-state index contributed by atoms with van der Waals surface area (Å²) in [4.78, 5) is 17.9. The van der Waals surface area contributed by atoms with Gasteiger partial charge in [-0.15, -0.1) is 0 Å². The Labute approximate surface area is 196 Å². The molecule has 0 aromatic heterocycles. The summed E-state index contributed by atoms with van der Waals surface area (Å²) in [6.45, 7) is 11.0. The topological polar surface area (TPSA) is 35.6 Å². The third kappa shape index (κ3) is 5.19. The fourth-order valence-corrected chi connectivity index (χ4v) is 6.25. The SMILES string of the molecule is CC1CCCCN1CCCN(CC1=CCC2CC1C2(C)C)C(=O)Nc1cccc(Br)c1. The molecule has 1 saturated heterocycles. The molecule has 31 heavy (non-hydrogen) atoms. The summed E-state index contributed by atoms with van der Waals surface area (Å²) in [5, 5.41) is 3.13. The maximum absolute atomic E-state index is 13.3. The summed E-state index contributed by atoms with van der Waals surface area (Å²) in [6.07, 6.45) is 9.89. The van der Waals surface area contributed by atoms with Gasteiger partial charge in [-0.25, -0.2) is 4.79 Å². The first-order valence-electron chi connectivity index (χ1n) is 12.1. The minimum atomic E-state index is 0.0185. The Bertz CT molecular complexity index is 821. The van der Waals surface area contributed by atoms with Gasteiger partial charge in [0, 0.05) is 35.8 Å². The number of hydrogen-bond acceptors (Lipinski definition) is 2. The van der Waals surface area contributed by atoms with Crippen LogP contribution < -0.4 is 5.32 Å². The number of rotatable bonds is 7. The monoisotopic (exact) mass is 487 g/mol. The zero-order valence-electron chi connectivity index (χ0n) is 19.4. The number of halogens is 1. The number of hydrogen-bond donors (Lipinski definition) is 1. The van der Waals surface area contributed by atoms with Crippen molar-refractivity contribution in [3.63, 3.8) is 0 Å². The van der Waals surface area contributed by atoms with Gasteiger partial charge in [0.25, 0.3) is 0 Å². The lowest BCUT2D eigenvalue weighted by atomic mass is 9.49. The number of nitrogens with zero attached hydrogens (tertiary/aromatic N) is 2. The molecule has 3 atom stereocenters. The minimum absolute atomic E-state index is 0.0185. The molecule has 5 rings (SSSR count). The summed E-state index contributed by atoms with van der Waals surface area (Å²) in [6, 6.07) is 8.55. The largest absolute Gasteiger partial charge is 0.322 e. The zero-order valence-corrected chi connectivity index (χ0v) is 21.0. The van der Waals surface area contributed by atoms with Crippen molar-refractivity contribution in [3.05, 3.63) is 40.4 Å². The van der Waals surface area contributed by atoms with Gasteiger partial charge in [0.2, 0.25) is 0 Å². The number of piperidine rings is 1. The minimum Gasteiger partial charge on any atom is -0.320 e. The molecule has 2 amide bonds. The summed E-state index contributed by atoms with van der Waals surface area (Å²) in [5.41, 5.74) is 2.71. The fraction of sp³-hybridized carbons (Fsp3) is 0.654. The molecule has 1 aromatic rings. The Morgan fingerprint density at radius 1 is 1.32 bits per heavy atom. The molecule has 3 unspecified atom stereocenters. The molecule has 1 N–H and O–H groups in total. The first-order valence-corrected chi connectivity index (χ1v) is 12.9. The van der Waals surface area contributed by atoms with Gasteiger partial charge < -0.3 is 15.1 Å². The van der Waals surface area contributed by atoms with Crippen LogP contribution in [0.4, 0.5) is 10.5 Å². The summed E-state index contributed by atoms with van der Waals surface area (Å²) < 4.78 is 0.980. The molecule has 3 aliphatic carbocycles. The van der Waals surface area contributed by atoms with Crippen molar-refractivity contribution in [2.24, 2.45) is 17.3 Å². The van der Waals surface area contributed by atoms with E-state index >= 15 is 0 Å². The third-order valence-corrected chi connectivity index (χ3v) is 8.63. The Morgan fingerprint density at radius 3 is 2.87 bits per heavy atom. The van der Waals surface area contributed by atoms with Crippen molar-refractivity contribution in [2.75, 3.05) is 31.5 Å². The lowest BCUT2D eigenvalue weighted by Gasteiger charge is -2.57. The highest BCUT2D eigenvalue weighted by Crippen LogP contribution is 2.59. The first kappa shape index (κ1) is 22.8. The molecule has 4 aliphatic rings. The smallest absolute Gasteiger partial charge is 0.320 e. The predicted molar refractivity (Wildman–Crippen MR) is 132 cm³/mol. The standard InChI is InChI=1S/C26H38BrN3O/c1-19-8-4-5-13-29(19)14-7-15-30(25(31)28-23-10-6-9-22(27)17-23)18-20-11-12-21-16-24(20)26(21,2)3/h6,9-11,17,19,21,24H,4-5,7-8,12-16,18H2,1-3H3,(H,28,31). The maximum atomic E-state index is 13.3. The number of urea groups is 1. The van der Waals surface area contributed by atoms with Crippen LogP contribution in [0.3, 0.4) is 0 Å². The van der Waals surface area contributed by atoms with E-state index in [1.165, 1.54) is 44.2 Å². The van der Waals surface area contributed by atoms with Gasteiger partial charge >= 0.3 is 6.03 Å². The maximum Gasteiger partial charge on any atom is 0.322 e. The van der Waals surface area contributed by atoms with E-state index in [0.29, 0.717) is 17.4 Å². The Morgan fingerprint density at radius 2 is 2.16 bits per heavy atom. The van der Waals surface area contributed by atoms with Gasteiger partial charge in [-0.1, -0.05) is 53.9 Å². The molecule has 5 heteroatoms. The molecule has 1 saturated carbocycles. The van der Waals surface area contributed by atoms with Crippen molar-refractivity contribution in [1.82, 2.24) is 9.80 Å². The average Bonchev–Trinajstić information content (AvgIpc) is 2.74. The van der Waals surface area contributed by atoms with E-state index < -0.39 is 0 Å². The Balaban J connectivity index is 1.41. The number of benzene rings is 1. The van der Waals surface area contributed by atoms with Crippen LogP contribution in [0.1, 0.15) is 59.3 Å². The van der Waals surface area contributed by atoms with Crippen LogP contribution in [-0.2, 0) is 0 Å². The number of nitrogens with one attached hydrogen (secondary N) is 1. The van der Waals surface area contributed by atoms with E-state index in [0.717, 1.165) is 42.1 Å². The molecule has 0 spiro atoms. The Hall–Kier alpha value is -1.33. The molecule has 4 nitrogen and oxygen atoms in total. The van der Waals surface area contributed by atoms with Gasteiger partial charge in [-0.3, -0.25) is 0 Å². The highest BCUT2D eigenvalue weighted by Gasteiger charge is 2.51. The van der Waals surface area contributed by atoms with Gasteiger partial charge in [0.05, 0.1) is 0 Å². The van der Waals surface area contributed by atoms with Crippen LogP contribution in [0, 0.1) is 17.3 Å². The summed E-state index contributed by atoms with van der Waals surface area (Å²) in [7, 11) is 0. The quantitative estimate of drug-likeness (QED) is 0.443. The first-order chi connectivity index (χ1) is 14.8. The van der Waals surface area contributed by atoms with Gasteiger partial charge in [0.15, 0.2) is 0 Å². The molecule has 1 aromatic carbocycles. The van der Waals surface area contributed by atoms with E-state index in [9.17, 15) is 4.79 Å². The lowest BCUT2D eigenvalue weighted by Crippen LogP contribution is -2.50. The number of anilines is 1. The van der Waals surface area contributed by atoms with Gasteiger partial charge in [-0.2, -0.15) is 0 Å². The second-order valence-corrected chi connectivity index (χ2v) is 11.3. The highest BCUT2D eigenvalue weighted by molar-refractivity contribution is 9.10. The van der Waals surface area contributed by atoms with Crippen molar-refractivity contribution in [1.29, 1.82) is 0 Å². The average molecular weight is 489 g/mol. The normalized spacial score (nSPS) is 27.2. The summed E-state index contributed by atoms with van der Waals surface area (Å²) >= 11 is 3.51. The van der Waals surface area contributed by atoms with Crippen LogP contribution in [0.5, 0.6) is 0 Å². The van der Waals surface area contributed by atoms with Crippen molar-refractivity contribution in [3.8, 4) is 0 Å². The fourth-order valence-electron chi connectivity index (χ4n) is 5.85. The van der Waals surface area contributed by atoms with Crippen molar-refractivity contribution in [2.45, 2.75) is 65.3 Å². The van der Waals surface area contributed by atoms with Crippen LogP contribution in [0.15, 0.2) is 40.4 Å². The number of amides is 2. The molecule has 1 heterocycles. The van der Waals surface area contributed by atoms with Crippen LogP contribution in [0.2, 0.25) is 0 Å².